The summed E-state index contributed by atoms with van der Waals surface area (Å²) in [6.07, 6.45) is 1.98. The van der Waals surface area contributed by atoms with Gasteiger partial charge in [0.25, 0.3) is 0 Å². The van der Waals surface area contributed by atoms with Gasteiger partial charge in [0, 0.05) is 12.1 Å². The van der Waals surface area contributed by atoms with Crippen molar-refractivity contribution in [3.05, 3.63) is 0 Å². The molecule has 4 nitrogen and oxygen atoms in total. The van der Waals surface area contributed by atoms with Crippen LogP contribution >= 0.6 is 0 Å². The topological polar surface area (TPSA) is 49.4 Å². The van der Waals surface area contributed by atoms with Crippen molar-refractivity contribution < 1.29 is 9.59 Å². The van der Waals surface area contributed by atoms with Gasteiger partial charge in [0.1, 0.15) is 0 Å². The standard InChI is InChI=1S/C12H22N2O2/c1-5-9(6-2)14-11(15)7-10(12(14)16)13-8(3)4/h8-10,13H,5-7H2,1-4H3. The molecule has 1 rings (SSSR count). The van der Waals surface area contributed by atoms with Crippen LogP contribution in [0, 0.1) is 0 Å². The van der Waals surface area contributed by atoms with Crippen molar-refractivity contribution in [1.82, 2.24) is 10.2 Å². The van der Waals surface area contributed by atoms with Crippen molar-refractivity contribution in [2.24, 2.45) is 0 Å². The van der Waals surface area contributed by atoms with E-state index in [1.807, 2.05) is 27.7 Å². The lowest BCUT2D eigenvalue weighted by atomic mass is 10.1. The van der Waals surface area contributed by atoms with Crippen molar-refractivity contribution in [2.45, 2.75) is 65.1 Å². The fourth-order valence-electron chi connectivity index (χ4n) is 2.22. The minimum atomic E-state index is -0.312. The molecule has 92 valence electrons. The smallest absolute Gasteiger partial charge is 0.247 e. The first-order valence-corrected chi connectivity index (χ1v) is 6.13. The van der Waals surface area contributed by atoms with Crippen LogP contribution < -0.4 is 5.32 Å². The Bertz CT molecular complexity index is 272. The Hall–Kier alpha value is -0.900. The average molecular weight is 226 g/mol. The Kier molecular flexibility index (Phi) is 4.47. The van der Waals surface area contributed by atoms with E-state index in [1.165, 1.54) is 4.90 Å². The maximum Gasteiger partial charge on any atom is 0.247 e. The minimum Gasteiger partial charge on any atom is -0.303 e. The van der Waals surface area contributed by atoms with Crippen LogP contribution in [0.25, 0.3) is 0 Å². The lowest BCUT2D eigenvalue weighted by Crippen LogP contribution is -2.45. The number of imide groups is 1. The summed E-state index contributed by atoms with van der Waals surface area (Å²) in [6, 6.07) is -0.0181. The molecule has 4 heteroatoms. The molecule has 1 aliphatic rings. The second-order valence-corrected chi connectivity index (χ2v) is 4.65. The molecule has 1 heterocycles. The summed E-state index contributed by atoms with van der Waals surface area (Å²) >= 11 is 0. The fourth-order valence-corrected chi connectivity index (χ4v) is 2.22. The summed E-state index contributed by atoms with van der Waals surface area (Å²) in [4.78, 5) is 25.3. The lowest BCUT2D eigenvalue weighted by Gasteiger charge is -2.24. The molecule has 0 bridgehead atoms. The molecule has 0 aromatic heterocycles. The zero-order valence-corrected chi connectivity index (χ0v) is 10.6. The van der Waals surface area contributed by atoms with Crippen molar-refractivity contribution >= 4 is 11.8 Å². The summed E-state index contributed by atoms with van der Waals surface area (Å²) in [7, 11) is 0. The van der Waals surface area contributed by atoms with Crippen LogP contribution in [-0.4, -0.2) is 34.8 Å². The second kappa shape index (κ2) is 5.43. The van der Waals surface area contributed by atoms with Gasteiger partial charge < -0.3 is 5.32 Å². The molecule has 1 N–H and O–H groups in total. The Balaban J connectivity index is 2.74. The Labute approximate surface area is 97.4 Å². The number of carbonyl (C=O) groups is 2. The highest BCUT2D eigenvalue weighted by atomic mass is 16.2. The normalized spacial score (nSPS) is 21.6. The van der Waals surface area contributed by atoms with Crippen molar-refractivity contribution in [3.8, 4) is 0 Å². The molecule has 1 saturated heterocycles. The van der Waals surface area contributed by atoms with Gasteiger partial charge in [-0.05, 0) is 12.8 Å². The molecule has 2 amide bonds. The van der Waals surface area contributed by atoms with Gasteiger partial charge in [-0.2, -0.15) is 0 Å². The number of amides is 2. The molecule has 0 radical (unpaired) electrons. The molecule has 1 atom stereocenters. The molecule has 0 aromatic rings. The molecule has 1 unspecified atom stereocenters. The van der Waals surface area contributed by atoms with E-state index in [0.717, 1.165) is 12.8 Å². The molecule has 1 aliphatic heterocycles. The third kappa shape index (κ3) is 2.61. The van der Waals surface area contributed by atoms with Crippen molar-refractivity contribution in [1.29, 1.82) is 0 Å². The maximum atomic E-state index is 12.1. The Morgan fingerprint density at radius 3 is 2.31 bits per heavy atom. The Morgan fingerprint density at radius 1 is 1.31 bits per heavy atom. The number of hydrogen-bond acceptors (Lipinski definition) is 3. The maximum absolute atomic E-state index is 12.1. The zero-order valence-electron chi connectivity index (χ0n) is 10.6. The summed E-state index contributed by atoms with van der Waals surface area (Å²) in [5, 5.41) is 3.14. The van der Waals surface area contributed by atoms with Crippen LogP contribution in [-0.2, 0) is 9.59 Å². The zero-order chi connectivity index (χ0) is 12.3. The fraction of sp³-hybridized carbons (Fsp3) is 0.833. The molecule has 16 heavy (non-hydrogen) atoms. The lowest BCUT2D eigenvalue weighted by molar-refractivity contribution is -0.141. The van der Waals surface area contributed by atoms with Gasteiger partial charge in [0.05, 0.1) is 12.5 Å². The van der Waals surface area contributed by atoms with Crippen LogP contribution in [0.15, 0.2) is 0 Å². The van der Waals surface area contributed by atoms with E-state index >= 15 is 0 Å². The summed E-state index contributed by atoms with van der Waals surface area (Å²) in [5.74, 6) is -0.0794. The van der Waals surface area contributed by atoms with Crippen LogP contribution in [0.3, 0.4) is 0 Å². The molecular formula is C12H22N2O2. The van der Waals surface area contributed by atoms with Crippen LogP contribution in [0.4, 0.5) is 0 Å². The number of carbonyl (C=O) groups excluding carboxylic acids is 2. The van der Waals surface area contributed by atoms with Gasteiger partial charge in [-0.1, -0.05) is 27.7 Å². The summed E-state index contributed by atoms with van der Waals surface area (Å²) < 4.78 is 0. The van der Waals surface area contributed by atoms with Gasteiger partial charge in [0.2, 0.25) is 11.8 Å². The molecular weight excluding hydrogens is 204 g/mol. The quantitative estimate of drug-likeness (QED) is 0.719. The molecule has 0 aliphatic carbocycles. The second-order valence-electron chi connectivity index (χ2n) is 4.65. The number of hydrogen-bond donors (Lipinski definition) is 1. The first-order chi connectivity index (χ1) is 7.51. The Morgan fingerprint density at radius 2 is 1.88 bits per heavy atom. The van der Waals surface area contributed by atoms with Crippen molar-refractivity contribution in [2.75, 3.05) is 0 Å². The van der Waals surface area contributed by atoms with Gasteiger partial charge in [-0.3, -0.25) is 14.5 Å². The number of nitrogens with one attached hydrogen (secondary N) is 1. The van der Waals surface area contributed by atoms with Crippen LogP contribution in [0.1, 0.15) is 47.0 Å². The van der Waals surface area contributed by atoms with E-state index in [4.69, 9.17) is 0 Å². The van der Waals surface area contributed by atoms with E-state index in [2.05, 4.69) is 5.32 Å². The van der Waals surface area contributed by atoms with Gasteiger partial charge >= 0.3 is 0 Å². The third-order valence-electron chi connectivity index (χ3n) is 3.03. The number of nitrogens with zero attached hydrogens (tertiary/aromatic N) is 1. The summed E-state index contributed by atoms with van der Waals surface area (Å²) in [5.41, 5.74) is 0. The van der Waals surface area contributed by atoms with E-state index in [-0.39, 0.29) is 29.9 Å². The van der Waals surface area contributed by atoms with Crippen LogP contribution in [0.5, 0.6) is 0 Å². The first kappa shape index (κ1) is 13.2. The highest BCUT2D eigenvalue weighted by molar-refractivity contribution is 6.05. The average Bonchev–Trinajstić information content (AvgIpc) is 2.46. The minimum absolute atomic E-state index is 0.0307. The largest absolute Gasteiger partial charge is 0.303 e. The summed E-state index contributed by atoms with van der Waals surface area (Å²) in [6.45, 7) is 7.99. The number of likely N-dealkylation sites (tertiary alicyclic amines) is 1. The van der Waals surface area contributed by atoms with E-state index in [0.29, 0.717) is 6.42 Å². The van der Waals surface area contributed by atoms with Gasteiger partial charge in [0.15, 0.2) is 0 Å². The molecule has 0 aromatic carbocycles. The first-order valence-electron chi connectivity index (χ1n) is 6.13. The third-order valence-corrected chi connectivity index (χ3v) is 3.03. The monoisotopic (exact) mass is 226 g/mol. The highest BCUT2D eigenvalue weighted by Gasteiger charge is 2.41. The van der Waals surface area contributed by atoms with Crippen molar-refractivity contribution in [3.63, 3.8) is 0 Å². The predicted octanol–water partition coefficient (Wildman–Crippen LogP) is 1.30. The predicted molar refractivity (Wildman–Crippen MR) is 62.9 cm³/mol. The molecule has 1 fully saturated rings. The van der Waals surface area contributed by atoms with Gasteiger partial charge in [-0.15, -0.1) is 0 Å². The molecule has 0 saturated carbocycles. The van der Waals surface area contributed by atoms with E-state index in [1.54, 1.807) is 0 Å². The molecule has 0 spiro atoms. The van der Waals surface area contributed by atoms with E-state index in [9.17, 15) is 9.59 Å². The SMILES string of the molecule is CCC(CC)N1C(=O)CC(NC(C)C)C1=O. The number of rotatable bonds is 5. The van der Waals surface area contributed by atoms with E-state index < -0.39 is 0 Å². The highest BCUT2D eigenvalue weighted by Crippen LogP contribution is 2.20. The van der Waals surface area contributed by atoms with Crippen LogP contribution in [0.2, 0.25) is 0 Å². The van der Waals surface area contributed by atoms with Gasteiger partial charge in [-0.25, -0.2) is 0 Å².